The van der Waals surface area contributed by atoms with Crippen molar-refractivity contribution >= 4 is 0 Å². The van der Waals surface area contributed by atoms with E-state index in [1.165, 1.54) is 5.56 Å². The van der Waals surface area contributed by atoms with Crippen molar-refractivity contribution in [1.29, 1.82) is 0 Å². The van der Waals surface area contributed by atoms with Gasteiger partial charge < -0.3 is 0 Å². The summed E-state index contributed by atoms with van der Waals surface area (Å²) in [4.78, 5) is 5.03. The van der Waals surface area contributed by atoms with Gasteiger partial charge in [-0.3, -0.25) is 14.5 Å². The smallest absolute Gasteiger partial charge is 0.0692 e. The SMILES string of the molecule is c1ccc(CN2CCN(CCn3ccnn3)CC2)cc1. The van der Waals surface area contributed by atoms with Gasteiger partial charge in [-0.25, -0.2) is 0 Å². The third kappa shape index (κ3) is 3.65. The van der Waals surface area contributed by atoms with Gasteiger partial charge in [-0.05, 0) is 5.56 Å². The second kappa shape index (κ2) is 6.63. The molecule has 0 radical (unpaired) electrons. The number of nitrogens with zero attached hydrogens (tertiary/aromatic N) is 5. The Morgan fingerprint density at radius 2 is 1.65 bits per heavy atom. The first-order valence-electron chi connectivity index (χ1n) is 7.23. The van der Waals surface area contributed by atoms with Gasteiger partial charge in [0, 0.05) is 45.5 Å². The van der Waals surface area contributed by atoms with Crippen LogP contribution in [0, 0.1) is 0 Å². The van der Waals surface area contributed by atoms with Gasteiger partial charge in [0.2, 0.25) is 0 Å². The Labute approximate surface area is 119 Å². The van der Waals surface area contributed by atoms with Gasteiger partial charge in [0.15, 0.2) is 0 Å². The molecule has 2 aromatic rings. The van der Waals surface area contributed by atoms with Crippen LogP contribution in [0.2, 0.25) is 0 Å². The average molecular weight is 271 g/mol. The molecule has 0 unspecified atom stereocenters. The van der Waals surface area contributed by atoms with E-state index >= 15 is 0 Å². The van der Waals surface area contributed by atoms with E-state index in [2.05, 4.69) is 50.4 Å². The number of piperazine rings is 1. The van der Waals surface area contributed by atoms with Crippen LogP contribution in [-0.2, 0) is 13.1 Å². The number of aromatic nitrogens is 3. The summed E-state index contributed by atoms with van der Waals surface area (Å²) < 4.78 is 1.90. The molecule has 1 aromatic carbocycles. The molecule has 0 saturated carbocycles. The van der Waals surface area contributed by atoms with E-state index < -0.39 is 0 Å². The molecular weight excluding hydrogens is 250 g/mol. The van der Waals surface area contributed by atoms with E-state index in [0.717, 1.165) is 45.8 Å². The number of benzene rings is 1. The molecule has 1 fully saturated rings. The molecule has 1 aliphatic rings. The van der Waals surface area contributed by atoms with Crippen molar-refractivity contribution in [2.45, 2.75) is 13.1 Å². The highest BCUT2D eigenvalue weighted by Gasteiger charge is 2.16. The molecule has 0 spiro atoms. The predicted octanol–water partition coefficient (Wildman–Crippen LogP) is 1.10. The van der Waals surface area contributed by atoms with Gasteiger partial charge in [0.05, 0.1) is 12.7 Å². The molecule has 1 aliphatic heterocycles. The molecule has 0 bridgehead atoms. The van der Waals surface area contributed by atoms with Gasteiger partial charge in [0.25, 0.3) is 0 Å². The summed E-state index contributed by atoms with van der Waals surface area (Å²) in [5.74, 6) is 0. The lowest BCUT2D eigenvalue weighted by Gasteiger charge is -2.34. The van der Waals surface area contributed by atoms with Gasteiger partial charge in [-0.15, -0.1) is 5.10 Å². The van der Waals surface area contributed by atoms with Crippen molar-refractivity contribution in [2.75, 3.05) is 32.7 Å². The molecule has 5 heteroatoms. The molecule has 0 amide bonds. The number of hydrogen-bond donors (Lipinski definition) is 0. The van der Waals surface area contributed by atoms with Crippen LogP contribution in [-0.4, -0.2) is 57.5 Å². The Morgan fingerprint density at radius 3 is 2.35 bits per heavy atom. The summed E-state index contributed by atoms with van der Waals surface area (Å²) in [7, 11) is 0. The molecule has 1 aromatic heterocycles. The third-order valence-corrected chi connectivity index (χ3v) is 3.83. The minimum atomic E-state index is 0.929. The second-order valence-electron chi connectivity index (χ2n) is 5.27. The minimum absolute atomic E-state index is 0.929. The largest absolute Gasteiger partial charge is 0.299 e. The Balaban J connectivity index is 1.40. The molecule has 2 heterocycles. The standard InChI is InChI=1S/C15H21N5/c1-2-4-15(5-3-1)14-19-10-8-18(9-11-19)12-13-20-7-6-16-17-20/h1-7H,8-14H2. The molecule has 106 valence electrons. The summed E-state index contributed by atoms with van der Waals surface area (Å²) in [6.07, 6.45) is 3.66. The molecule has 0 aliphatic carbocycles. The first-order valence-corrected chi connectivity index (χ1v) is 7.23. The third-order valence-electron chi connectivity index (χ3n) is 3.83. The molecule has 20 heavy (non-hydrogen) atoms. The fraction of sp³-hybridized carbons (Fsp3) is 0.467. The van der Waals surface area contributed by atoms with E-state index in [0.29, 0.717) is 0 Å². The highest BCUT2D eigenvalue weighted by atomic mass is 15.4. The summed E-state index contributed by atoms with van der Waals surface area (Å²) in [6.45, 7) is 7.63. The first kappa shape index (κ1) is 13.3. The fourth-order valence-electron chi connectivity index (χ4n) is 2.61. The summed E-state index contributed by atoms with van der Waals surface area (Å²) in [5, 5.41) is 7.83. The van der Waals surface area contributed by atoms with Crippen LogP contribution < -0.4 is 0 Å². The molecular formula is C15H21N5. The summed E-state index contributed by atoms with van der Waals surface area (Å²) >= 11 is 0. The average Bonchev–Trinajstić information content (AvgIpc) is 3.01. The zero-order valence-electron chi connectivity index (χ0n) is 11.7. The van der Waals surface area contributed by atoms with Crippen LogP contribution in [0.5, 0.6) is 0 Å². The van der Waals surface area contributed by atoms with Crippen molar-refractivity contribution in [3.05, 3.63) is 48.3 Å². The van der Waals surface area contributed by atoms with Crippen molar-refractivity contribution in [1.82, 2.24) is 24.8 Å². The van der Waals surface area contributed by atoms with E-state index in [1.807, 2.05) is 10.9 Å². The number of hydrogen-bond acceptors (Lipinski definition) is 4. The van der Waals surface area contributed by atoms with Gasteiger partial charge in [-0.2, -0.15) is 0 Å². The van der Waals surface area contributed by atoms with E-state index in [4.69, 9.17) is 0 Å². The van der Waals surface area contributed by atoms with Gasteiger partial charge in [-0.1, -0.05) is 35.5 Å². The quantitative estimate of drug-likeness (QED) is 0.816. The Hall–Kier alpha value is -1.72. The summed E-state index contributed by atoms with van der Waals surface area (Å²) in [6, 6.07) is 10.7. The molecule has 5 nitrogen and oxygen atoms in total. The van der Waals surface area contributed by atoms with Crippen molar-refractivity contribution in [2.24, 2.45) is 0 Å². The number of rotatable bonds is 5. The lowest BCUT2D eigenvalue weighted by Crippen LogP contribution is -2.46. The highest BCUT2D eigenvalue weighted by molar-refractivity contribution is 5.14. The molecule has 0 N–H and O–H groups in total. The van der Waals surface area contributed by atoms with Crippen LogP contribution in [0.15, 0.2) is 42.7 Å². The van der Waals surface area contributed by atoms with Crippen LogP contribution in [0.1, 0.15) is 5.56 Å². The van der Waals surface area contributed by atoms with Crippen molar-refractivity contribution in [3.63, 3.8) is 0 Å². The van der Waals surface area contributed by atoms with Crippen LogP contribution >= 0.6 is 0 Å². The summed E-state index contributed by atoms with van der Waals surface area (Å²) in [5.41, 5.74) is 1.41. The fourth-order valence-corrected chi connectivity index (χ4v) is 2.61. The maximum Gasteiger partial charge on any atom is 0.0692 e. The molecule has 1 saturated heterocycles. The Morgan fingerprint density at radius 1 is 0.900 bits per heavy atom. The van der Waals surface area contributed by atoms with E-state index in [1.54, 1.807) is 6.20 Å². The zero-order chi connectivity index (χ0) is 13.6. The zero-order valence-corrected chi connectivity index (χ0v) is 11.7. The normalized spacial score (nSPS) is 17.4. The van der Waals surface area contributed by atoms with Gasteiger partial charge >= 0.3 is 0 Å². The lowest BCUT2D eigenvalue weighted by atomic mass is 10.2. The van der Waals surface area contributed by atoms with Crippen LogP contribution in [0.25, 0.3) is 0 Å². The minimum Gasteiger partial charge on any atom is -0.299 e. The van der Waals surface area contributed by atoms with Crippen LogP contribution in [0.3, 0.4) is 0 Å². The second-order valence-corrected chi connectivity index (χ2v) is 5.27. The van der Waals surface area contributed by atoms with Gasteiger partial charge in [0.1, 0.15) is 0 Å². The maximum absolute atomic E-state index is 4.00. The van der Waals surface area contributed by atoms with Crippen molar-refractivity contribution in [3.8, 4) is 0 Å². The van der Waals surface area contributed by atoms with E-state index in [-0.39, 0.29) is 0 Å². The van der Waals surface area contributed by atoms with E-state index in [9.17, 15) is 0 Å². The molecule has 0 atom stereocenters. The first-order chi connectivity index (χ1) is 9.90. The Bertz CT molecular complexity index is 488. The van der Waals surface area contributed by atoms with Crippen LogP contribution in [0.4, 0.5) is 0 Å². The maximum atomic E-state index is 4.00. The van der Waals surface area contributed by atoms with Crippen molar-refractivity contribution < 1.29 is 0 Å². The molecule has 3 rings (SSSR count). The topological polar surface area (TPSA) is 37.2 Å². The predicted molar refractivity (Wildman–Crippen MR) is 78.2 cm³/mol. The monoisotopic (exact) mass is 271 g/mol. The Kier molecular flexibility index (Phi) is 4.40. The highest BCUT2D eigenvalue weighted by Crippen LogP contribution is 2.08. The lowest BCUT2D eigenvalue weighted by molar-refractivity contribution is 0.123.